The largest absolute Gasteiger partial charge is 0.507 e. The summed E-state index contributed by atoms with van der Waals surface area (Å²) in [5, 5.41) is 20.0. The molecule has 1 aromatic heterocycles. The minimum absolute atomic E-state index is 0.0170. The van der Waals surface area contributed by atoms with Crippen LogP contribution in [0, 0.1) is 0 Å². The molecule has 0 fully saturated rings. The number of phenolic OH excluding ortho intramolecular Hbond substituents is 1. The quantitative estimate of drug-likeness (QED) is 0.567. The molecule has 0 aliphatic heterocycles. The fourth-order valence-corrected chi connectivity index (χ4v) is 3.64. The molecule has 2 N–H and O–H groups in total. The van der Waals surface area contributed by atoms with Crippen LogP contribution in [0.5, 0.6) is 5.75 Å². The molecule has 1 heterocycles. The molecule has 142 valence electrons. The molecular weight excluding hydrogens is 360 g/mol. The van der Waals surface area contributed by atoms with Crippen LogP contribution in [0.15, 0.2) is 39.5 Å². The lowest BCUT2D eigenvalue weighted by Crippen LogP contribution is -2.23. The Balaban J connectivity index is 2.16. The molecule has 0 bridgehead atoms. The Labute approximate surface area is 160 Å². The molecule has 0 saturated heterocycles. The molecule has 0 saturated carbocycles. The van der Waals surface area contributed by atoms with Crippen molar-refractivity contribution in [2.75, 3.05) is 0 Å². The van der Waals surface area contributed by atoms with E-state index in [1.54, 1.807) is 0 Å². The van der Waals surface area contributed by atoms with Gasteiger partial charge >= 0.3 is 0 Å². The van der Waals surface area contributed by atoms with Gasteiger partial charge in [0.05, 0.1) is 23.1 Å². The van der Waals surface area contributed by atoms with Crippen molar-refractivity contribution in [3.8, 4) is 5.75 Å². The molecule has 0 amide bonds. The molecule has 1 atom stereocenters. The number of ketones is 2. The van der Waals surface area contributed by atoms with Gasteiger partial charge < -0.3 is 14.6 Å². The third kappa shape index (κ3) is 2.42. The highest BCUT2D eigenvalue weighted by molar-refractivity contribution is 6.32. The predicted octanol–water partition coefficient (Wildman–Crippen LogP) is 3.28. The lowest BCUT2D eigenvalue weighted by Gasteiger charge is -2.21. The van der Waals surface area contributed by atoms with Crippen LogP contribution in [0.2, 0.25) is 0 Å². The van der Waals surface area contributed by atoms with Crippen LogP contribution in [0.25, 0.3) is 11.0 Å². The second kappa shape index (κ2) is 6.42. The molecule has 1 aliphatic carbocycles. The average Bonchev–Trinajstić information content (AvgIpc) is 2.69. The maximum atomic E-state index is 13.2. The molecule has 3 aromatic rings. The summed E-state index contributed by atoms with van der Waals surface area (Å²) in [4.78, 5) is 39.0. The Hall–Kier alpha value is -3.25. The van der Waals surface area contributed by atoms with Gasteiger partial charge in [0.25, 0.3) is 0 Å². The standard InChI is InChI=1S/C22H18O6/c1-3-10(2)16-8-15(25)17-11(9-23)7-13-19(22(17)28-16)21(27)18-12(20(13)26)5-4-6-14(18)24/h4-8,10,23-24H,3,9H2,1-2H3/t10-/m1/s1. The summed E-state index contributed by atoms with van der Waals surface area (Å²) in [6.45, 7) is 3.35. The third-order valence-corrected chi connectivity index (χ3v) is 5.36. The van der Waals surface area contributed by atoms with Crippen LogP contribution in [-0.4, -0.2) is 21.8 Å². The summed E-state index contributed by atoms with van der Waals surface area (Å²) in [5.74, 6) is -1.02. The molecule has 1 aliphatic rings. The van der Waals surface area contributed by atoms with E-state index in [2.05, 4.69) is 0 Å². The Morgan fingerprint density at radius 2 is 1.79 bits per heavy atom. The average molecular weight is 378 g/mol. The molecule has 6 nitrogen and oxygen atoms in total. The van der Waals surface area contributed by atoms with Crippen molar-refractivity contribution >= 4 is 22.5 Å². The Morgan fingerprint density at radius 1 is 1.04 bits per heavy atom. The molecule has 0 radical (unpaired) electrons. The van der Waals surface area contributed by atoms with Gasteiger partial charge in [0, 0.05) is 23.1 Å². The number of carbonyl (C=O) groups is 2. The molecule has 28 heavy (non-hydrogen) atoms. The predicted molar refractivity (Wildman–Crippen MR) is 102 cm³/mol. The van der Waals surface area contributed by atoms with E-state index in [9.17, 15) is 24.6 Å². The molecule has 6 heteroatoms. The molecule has 4 rings (SSSR count). The number of fused-ring (bicyclic) bond motifs is 4. The van der Waals surface area contributed by atoms with Crippen molar-refractivity contribution in [3.63, 3.8) is 0 Å². The number of aromatic hydroxyl groups is 1. The maximum absolute atomic E-state index is 13.2. The topological polar surface area (TPSA) is 105 Å². The van der Waals surface area contributed by atoms with Crippen molar-refractivity contribution in [2.45, 2.75) is 32.8 Å². The Kier molecular flexibility index (Phi) is 4.16. The summed E-state index contributed by atoms with van der Waals surface area (Å²) < 4.78 is 5.94. The number of carbonyl (C=O) groups excluding carboxylic acids is 2. The molecule has 0 spiro atoms. The Morgan fingerprint density at radius 3 is 2.46 bits per heavy atom. The number of benzene rings is 2. The SMILES string of the molecule is CC[C@@H](C)c1cc(=O)c2c(CO)cc3c(c2o1)C(=O)c1c(O)cccc1C3=O. The van der Waals surface area contributed by atoms with E-state index in [0.717, 1.165) is 0 Å². The summed E-state index contributed by atoms with van der Waals surface area (Å²) in [7, 11) is 0. The van der Waals surface area contributed by atoms with Crippen LogP contribution < -0.4 is 5.43 Å². The monoisotopic (exact) mass is 378 g/mol. The van der Waals surface area contributed by atoms with E-state index < -0.39 is 18.2 Å². The van der Waals surface area contributed by atoms with Gasteiger partial charge in [0.1, 0.15) is 17.1 Å². The summed E-state index contributed by atoms with van der Waals surface area (Å²) in [6.07, 6.45) is 0.715. The lowest BCUT2D eigenvalue weighted by molar-refractivity contribution is 0.0976. The lowest BCUT2D eigenvalue weighted by atomic mass is 9.81. The first-order valence-corrected chi connectivity index (χ1v) is 9.04. The zero-order valence-electron chi connectivity index (χ0n) is 15.4. The van der Waals surface area contributed by atoms with Gasteiger partial charge in [-0.25, -0.2) is 0 Å². The van der Waals surface area contributed by atoms with Gasteiger partial charge in [-0.05, 0) is 24.1 Å². The van der Waals surface area contributed by atoms with Crippen molar-refractivity contribution in [2.24, 2.45) is 0 Å². The van der Waals surface area contributed by atoms with E-state index in [0.29, 0.717) is 12.2 Å². The van der Waals surface area contributed by atoms with Gasteiger partial charge in [-0.3, -0.25) is 14.4 Å². The van der Waals surface area contributed by atoms with E-state index in [1.165, 1.54) is 30.3 Å². The fraction of sp³-hybridized carbons (Fsp3) is 0.227. The maximum Gasteiger partial charge on any atom is 0.202 e. The van der Waals surface area contributed by atoms with E-state index >= 15 is 0 Å². The molecule has 2 aromatic carbocycles. The van der Waals surface area contributed by atoms with Gasteiger partial charge in [0.2, 0.25) is 5.78 Å². The first kappa shape index (κ1) is 18.1. The first-order valence-electron chi connectivity index (χ1n) is 9.04. The smallest absolute Gasteiger partial charge is 0.202 e. The number of phenols is 1. The third-order valence-electron chi connectivity index (χ3n) is 5.36. The second-order valence-electron chi connectivity index (χ2n) is 7.00. The highest BCUT2D eigenvalue weighted by Crippen LogP contribution is 2.37. The summed E-state index contributed by atoms with van der Waals surface area (Å²) >= 11 is 0. The normalized spacial score (nSPS) is 14.1. The van der Waals surface area contributed by atoms with Crippen LogP contribution in [0.1, 0.15) is 69.4 Å². The molecule has 0 unspecified atom stereocenters. The van der Waals surface area contributed by atoms with Gasteiger partial charge in [-0.15, -0.1) is 0 Å². The number of hydrogen-bond donors (Lipinski definition) is 2. The number of aliphatic hydroxyl groups excluding tert-OH is 1. The van der Waals surface area contributed by atoms with Crippen LogP contribution in [-0.2, 0) is 6.61 Å². The van der Waals surface area contributed by atoms with Gasteiger partial charge in [-0.2, -0.15) is 0 Å². The van der Waals surface area contributed by atoms with Crippen LogP contribution in [0.3, 0.4) is 0 Å². The zero-order valence-corrected chi connectivity index (χ0v) is 15.4. The Bertz CT molecular complexity index is 1220. The number of rotatable bonds is 3. The van der Waals surface area contributed by atoms with E-state index in [1.807, 2.05) is 13.8 Å². The van der Waals surface area contributed by atoms with Gasteiger partial charge in [-0.1, -0.05) is 26.0 Å². The van der Waals surface area contributed by atoms with Crippen molar-refractivity contribution in [1.29, 1.82) is 0 Å². The highest BCUT2D eigenvalue weighted by atomic mass is 16.3. The number of aliphatic hydroxyl groups is 1. The summed E-state index contributed by atoms with van der Waals surface area (Å²) in [6, 6.07) is 7.01. The zero-order chi connectivity index (χ0) is 20.2. The number of hydrogen-bond acceptors (Lipinski definition) is 6. The minimum atomic E-state index is -0.582. The van der Waals surface area contributed by atoms with Crippen molar-refractivity contribution in [1.82, 2.24) is 0 Å². The van der Waals surface area contributed by atoms with Gasteiger partial charge in [0.15, 0.2) is 11.2 Å². The van der Waals surface area contributed by atoms with E-state index in [-0.39, 0.29) is 55.9 Å². The highest BCUT2D eigenvalue weighted by Gasteiger charge is 2.35. The molecular formula is C22H18O6. The first-order chi connectivity index (χ1) is 13.4. The van der Waals surface area contributed by atoms with E-state index in [4.69, 9.17) is 4.42 Å². The minimum Gasteiger partial charge on any atom is -0.507 e. The van der Waals surface area contributed by atoms with Crippen molar-refractivity contribution < 1.29 is 24.2 Å². The van der Waals surface area contributed by atoms with Crippen molar-refractivity contribution in [3.05, 3.63) is 74.1 Å². The van der Waals surface area contributed by atoms with Crippen LogP contribution in [0.4, 0.5) is 0 Å². The van der Waals surface area contributed by atoms with Crippen LogP contribution >= 0.6 is 0 Å². The summed E-state index contributed by atoms with van der Waals surface area (Å²) in [5.41, 5.74) is -0.181. The fourth-order valence-electron chi connectivity index (χ4n) is 3.64. The second-order valence-corrected chi connectivity index (χ2v) is 7.00.